The van der Waals surface area contributed by atoms with Gasteiger partial charge in [0.1, 0.15) is 5.25 Å². The molecule has 0 spiro atoms. The molecule has 0 saturated carbocycles. The van der Waals surface area contributed by atoms with Gasteiger partial charge < -0.3 is 0 Å². The van der Waals surface area contributed by atoms with Gasteiger partial charge in [0.15, 0.2) is 9.84 Å². The number of hydrogen-bond acceptors (Lipinski definition) is 4. The molecule has 0 unspecified atom stereocenters. The predicted molar refractivity (Wildman–Crippen MR) is 75.8 cm³/mol. The van der Waals surface area contributed by atoms with Gasteiger partial charge in [-0.15, -0.1) is 0 Å². The van der Waals surface area contributed by atoms with Crippen LogP contribution in [0.15, 0.2) is 46.4 Å². The molecule has 1 aromatic carbocycles. The standard InChI is InChI=1S/C14H17NO4S/c1-10-8-13(15(16)17)14(9-11(10)2)20(18,19)12-6-4-3-5-7-12/h3-7,13-14H,8-9H2,1-2H3/t13-,14-/m0/s1. The molecule has 0 saturated heterocycles. The molecule has 6 heteroatoms. The van der Waals surface area contributed by atoms with Crippen molar-refractivity contribution >= 4 is 9.84 Å². The summed E-state index contributed by atoms with van der Waals surface area (Å²) in [5.74, 6) is 0. The molecule has 1 aliphatic rings. The maximum atomic E-state index is 12.6. The number of nitro groups is 1. The zero-order chi connectivity index (χ0) is 14.9. The van der Waals surface area contributed by atoms with Crippen LogP contribution in [0.2, 0.25) is 0 Å². The predicted octanol–water partition coefficient (Wildman–Crippen LogP) is 2.60. The van der Waals surface area contributed by atoms with Gasteiger partial charge in [0, 0.05) is 11.3 Å². The Morgan fingerprint density at radius 2 is 1.65 bits per heavy atom. The molecule has 0 bridgehead atoms. The summed E-state index contributed by atoms with van der Waals surface area (Å²) >= 11 is 0. The second-order valence-electron chi connectivity index (χ2n) is 5.22. The molecular formula is C14H17NO4S. The van der Waals surface area contributed by atoms with Crippen molar-refractivity contribution in [1.29, 1.82) is 0 Å². The summed E-state index contributed by atoms with van der Waals surface area (Å²) in [6.45, 7) is 3.68. The van der Waals surface area contributed by atoms with E-state index in [2.05, 4.69) is 0 Å². The molecule has 0 amide bonds. The number of nitrogens with zero attached hydrogens (tertiary/aromatic N) is 1. The molecule has 0 aliphatic heterocycles. The SMILES string of the molecule is CC1=C(C)C[C@H](S(=O)(=O)c2ccccc2)[C@@H]([N+](=O)[O-])C1. The van der Waals surface area contributed by atoms with Crippen LogP contribution >= 0.6 is 0 Å². The Kier molecular flexibility index (Phi) is 3.94. The smallest absolute Gasteiger partial charge is 0.234 e. The molecular weight excluding hydrogens is 278 g/mol. The van der Waals surface area contributed by atoms with Crippen molar-refractivity contribution in [3.63, 3.8) is 0 Å². The van der Waals surface area contributed by atoms with E-state index in [1.54, 1.807) is 18.2 Å². The number of rotatable bonds is 3. The van der Waals surface area contributed by atoms with Crippen LogP contribution < -0.4 is 0 Å². The Morgan fingerprint density at radius 1 is 1.10 bits per heavy atom. The summed E-state index contributed by atoms with van der Waals surface area (Å²) in [6, 6.07) is 6.90. The molecule has 0 aromatic heterocycles. The lowest BCUT2D eigenvalue weighted by atomic mass is 9.90. The average molecular weight is 295 g/mol. The molecule has 1 aromatic rings. The van der Waals surface area contributed by atoms with Crippen LogP contribution in [0.25, 0.3) is 0 Å². The number of sulfone groups is 1. The van der Waals surface area contributed by atoms with Crippen LogP contribution in [0.5, 0.6) is 0 Å². The molecule has 0 radical (unpaired) electrons. The van der Waals surface area contributed by atoms with Crippen molar-refractivity contribution in [2.45, 2.75) is 42.9 Å². The molecule has 5 nitrogen and oxygen atoms in total. The highest BCUT2D eigenvalue weighted by molar-refractivity contribution is 7.92. The van der Waals surface area contributed by atoms with Crippen molar-refractivity contribution in [3.05, 3.63) is 51.6 Å². The molecule has 2 rings (SSSR count). The fraction of sp³-hybridized carbons (Fsp3) is 0.429. The van der Waals surface area contributed by atoms with Crippen molar-refractivity contribution in [2.24, 2.45) is 0 Å². The van der Waals surface area contributed by atoms with Gasteiger partial charge in [0.2, 0.25) is 6.04 Å². The van der Waals surface area contributed by atoms with Gasteiger partial charge in [-0.1, -0.05) is 29.3 Å². The average Bonchev–Trinajstić information content (AvgIpc) is 2.42. The Bertz CT molecular complexity index is 649. The van der Waals surface area contributed by atoms with E-state index in [1.165, 1.54) is 12.1 Å². The van der Waals surface area contributed by atoms with Crippen LogP contribution in [0.4, 0.5) is 0 Å². The van der Waals surface area contributed by atoms with Gasteiger partial charge in [-0.05, 0) is 32.4 Å². The number of benzene rings is 1. The fourth-order valence-electron chi connectivity index (χ4n) is 2.54. The number of allylic oxidation sites excluding steroid dienone is 1. The first-order valence-corrected chi connectivity index (χ1v) is 7.96. The first-order chi connectivity index (χ1) is 9.34. The lowest BCUT2D eigenvalue weighted by Gasteiger charge is -2.27. The third-order valence-electron chi connectivity index (χ3n) is 3.92. The van der Waals surface area contributed by atoms with Crippen molar-refractivity contribution < 1.29 is 13.3 Å². The normalized spacial score (nSPS) is 23.7. The largest absolute Gasteiger partial charge is 0.264 e. The maximum absolute atomic E-state index is 12.6. The first-order valence-electron chi connectivity index (χ1n) is 6.41. The Balaban J connectivity index is 2.47. The molecule has 1 aliphatic carbocycles. The van der Waals surface area contributed by atoms with Gasteiger partial charge >= 0.3 is 0 Å². The van der Waals surface area contributed by atoms with E-state index in [1.807, 2.05) is 13.8 Å². The van der Waals surface area contributed by atoms with E-state index in [-0.39, 0.29) is 17.7 Å². The van der Waals surface area contributed by atoms with E-state index in [0.717, 1.165) is 11.1 Å². The minimum atomic E-state index is -3.69. The minimum Gasteiger partial charge on any atom is -0.264 e. The second-order valence-corrected chi connectivity index (χ2v) is 7.39. The minimum absolute atomic E-state index is 0.157. The van der Waals surface area contributed by atoms with Crippen molar-refractivity contribution in [2.75, 3.05) is 0 Å². The van der Waals surface area contributed by atoms with Crippen LogP contribution in [0.3, 0.4) is 0 Å². The van der Waals surface area contributed by atoms with Crippen molar-refractivity contribution in [1.82, 2.24) is 0 Å². The third kappa shape index (κ3) is 2.60. The second kappa shape index (κ2) is 5.36. The molecule has 108 valence electrons. The van der Waals surface area contributed by atoms with Crippen LogP contribution in [0.1, 0.15) is 26.7 Å². The van der Waals surface area contributed by atoms with Gasteiger partial charge in [-0.2, -0.15) is 0 Å². The highest BCUT2D eigenvalue weighted by Gasteiger charge is 2.44. The summed E-state index contributed by atoms with van der Waals surface area (Å²) in [6.07, 6.45) is 0.435. The lowest BCUT2D eigenvalue weighted by Crippen LogP contribution is -2.42. The summed E-state index contributed by atoms with van der Waals surface area (Å²) in [5.41, 5.74) is 1.86. The van der Waals surface area contributed by atoms with Gasteiger partial charge in [0.05, 0.1) is 4.90 Å². The first kappa shape index (κ1) is 14.7. The number of hydrogen-bond donors (Lipinski definition) is 0. The maximum Gasteiger partial charge on any atom is 0.234 e. The lowest BCUT2D eigenvalue weighted by molar-refractivity contribution is -0.522. The molecule has 2 atom stereocenters. The van der Waals surface area contributed by atoms with Gasteiger partial charge in [-0.3, -0.25) is 10.1 Å². The third-order valence-corrected chi connectivity index (χ3v) is 6.13. The Hall–Kier alpha value is -1.69. The van der Waals surface area contributed by atoms with E-state index in [9.17, 15) is 18.5 Å². The highest BCUT2D eigenvalue weighted by Crippen LogP contribution is 2.33. The molecule has 0 heterocycles. The van der Waals surface area contributed by atoms with E-state index >= 15 is 0 Å². The fourth-order valence-corrected chi connectivity index (χ4v) is 4.51. The molecule has 0 N–H and O–H groups in total. The summed E-state index contributed by atoms with van der Waals surface area (Å²) in [4.78, 5) is 10.9. The zero-order valence-corrected chi connectivity index (χ0v) is 12.3. The monoisotopic (exact) mass is 295 g/mol. The quantitative estimate of drug-likeness (QED) is 0.488. The van der Waals surface area contributed by atoms with Crippen LogP contribution in [-0.4, -0.2) is 24.6 Å². The van der Waals surface area contributed by atoms with E-state index in [0.29, 0.717) is 0 Å². The summed E-state index contributed by atoms with van der Waals surface area (Å²) in [5, 5.41) is 10.2. The van der Waals surface area contributed by atoms with Crippen LogP contribution in [-0.2, 0) is 9.84 Å². The summed E-state index contributed by atoms with van der Waals surface area (Å²) < 4.78 is 25.3. The van der Waals surface area contributed by atoms with E-state index in [4.69, 9.17) is 0 Å². The summed E-state index contributed by atoms with van der Waals surface area (Å²) in [7, 11) is -3.69. The van der Waals surface area contributed by atoms with Crippen molar-refractivity contribution in [3.8, 4) is 0 Å². The highest BCUT2D eigenvalue weighted by atomic mass is 32.2. The zero-order valence-electron chi connectivity index (χ0n) is 11.4. The Morgan fingerprint density at radius 3 is 2.20 bits per heavy atom. The molecule has 20 heavy (non-hydrogen) atoms. The van der Waals surface area contributed by atoms with E-state index < -0.39 is 26.1 Å². The Labute approximate surface area is 118 Å². The van der Waals surface area contributed by atoms with Crippen LogP contribution in [0, 0.1) is 10.1 Å². The topological polar surface area (TPSA) is 77.3 Å². The molecule has 0 fully saturated rings. The van der Waals surface area contributed by atoms with Gasteiger partial charge in [-0.25, -0.2) is 8.42 Å². The van der Waals surface area contributed by atoms with Gasteiger partial charge in [0.25, 0.3) is 0 Å².